The van der Waals surface area contributed by atoms with E-state index in [2.05, 4.69) is 10.2 Å². The van der Waals surface area contributed by atoms with Crippen LogP contribution in [0, 0.1) is 5.92 Å². The van der Waals surface area contributed by atoms with Crippen molar-refractivity contribution in [1.82, 2.24) is 14.6 Å². The number of halogens is 1. The molecule has 0 saturated carbocycles. The van der Waals surface area contributed by atoms with Crippen LogP contribution < -0.4 is 5.32 Å². The van der Waals surface area contributed by atoms with Gasteiger partial charge in [-0.2, -0.15) is 0 Å². The van der Waals surface area contributed by atoms with Gasteiger partial charge in [-0.25, -0.2) is 0 Å². The predicted octanol–water partition coefficient (Wildman–Crippen LogP) is 2.03. The van der Waals surface area contributed by atoms with E-state index in [1.165, 1.54) is 13.0 Å². The summed E-state index contributed by atoms with van der Waals surface area (Å²) in [5, 5.41) is 3.85. The number of carbonyl (C=O) groups excluding carboxylic acids is 1. The van der Waals surface area contributed by atoms with Crippen molar-refractivity contribution in [2.24, 2.45) is 5.92 Å². The molecular weight excluding hydrogens is 274 g/mol. The first-order valence-electron chi connectivity index (χ1n) is 6.99. The summed E-state index contributed by atoms with van der Waals surface area (Å²) >= 11 is 5.97. The molecule has 2 aromatic rings. The van der Waals surface area contributed by atoms with E-state index in [0.29, 0.717) is 22.5 Å². The standard InChI is InChI=1S/C15H16ClN3O/c16-12-5-13-2-1-11(7-19(13)8-12)15(20)17-14-9-18-4-3-10(14)6-18/h1-2,5,7-8,10,14H,3-4,6,9H2,(H,17,20). The molecular formula is C15H16ClN3O. The van der Waals surface area contributed by atoms with Crippen molar-refractivity contribution in [3.8, 4) is 0 Å². The smallest absolute Gasteiger partial charge is 0.253 e. The van der Waals surface area contributed by atoms with Crippen LogP contribution in [-0.4, -0.2) is 40.9 Å². The maximum atomic E-state index is 12.4. The molecule has 3 atom stereocenters. The summed E-state index contributed by atoms with van der Waals surface area (Å²) in [4.78, 5) is 14.8. The number of aromatic nitrogens is 1. The van der Waals surface area contributed by atoms with Gasteiger partial charge in [0.2, 0.25) is 0 Å². The van der Waals surface area contributed by atoms with Crippen LogP contribution in [0.25, 0.3) is 5.52 Å². The van der Waals surface area contributed by atoms with Crippen LogP contribution in [0.4, 0.5) is 0 Å². The van der Waals surface area contributed by atoms with Gasteiger partial charge < -0.3 is 14.6 Å². The minimum Gasteiger partial charge on any atom is -0.348 e. The van der Waals surface area contributed by atoms with Gasteiger partial charge in [0.05, 0.1) is 10.6 Å². The first kappa shape index (κ1) is 12.2. The van der Waals surface area contributed by atoms with Crippen LogP contribution in [0.15, 0.2) is 30.6 Å². The Hall–Kier alpha value is -1.52. The van der Waals surface area contributed by atoms with Crippen LogP contribution >= 0.6 is 11.6 Å². The van der Waals surface area contributed by atoms with E-state index < -0.39 is 0 Å². The van der Waals surface area contributed by atoms with Gasteiger partial charge in [-0.3, -0.25) is 4.79 Å². The van der Waals surface area contributed by atoms with Crippen molar-refractivity contribution in [1.29, 1.82) is 0 Å². The van der Waals surface area contributed by atoms with E-state index >= 15 is 0 Å². The fourth-order valence-corrected chi connectivity index (χ4v) is 3.63. The number of piperidine rings is 1. The Balaban J connectivity index is 1.54. The van der Waals surface area contributed by atoms with Crippen molar-refractivity contribution < 1.29 is 4.79 Å². The van der Waals surface area contributed by atoms with Crippen LogP contribution in [0.2, 0.25) is 5.02 Å². The fourth-order valence-electron chi connectivity index (χ4n) is 3.41. The zero-order valence-electron chi connectivity index (χ0n) is 11.1. The molecule has 4 nitrogen and oxygen atoms in total. The topological polar surface area (TPSA) is 36.8 Å². The molecule has 2 fully saturated rings. The number of hydrogen-bond donors (Lipinski definition) is 1. The van der Waals surface area contributed by atoms with Crippen molar-refractivity contribution >= 4 is 23.0 Å². The molecule has 0 radical (unpaired) electrons. The summed E-state index contributed by atoms with van der Waals surface area (Å²) in [6, 6.07) is 5.96. The second-order valence-corrected chi connectivity index (χ2v) is 6.23. The Kier molecular flexibility index (Phi) is 2.75. The van der Waals surface area contributed by atoms with E-state index in [-0.39, 0.29) is 5.91 Å². The second-order valence-electron chi connectivity index (χ2n) is 5.80. The van der Waals surface area contributed by atoms with Crippen LogP contribution in [0.5, 0.6) is 0 Å². The number of hydrogen-bond acceptors (Lipinski definition) is 2. The molecule has 4 rings (SSSR count). The number of nitrogens with one attached hydrogen (secondary N) is 1. The van der Waals surface area contributed by atoms with Crippen LogP contribution in [0.1, 0.15) is 16.8 Å². The lowest BCUT2D eigenvalue weighted by molar-refractivity contribution is 0.0924. The molecule has 0 spiro atoms. The third-order valence-electron chi connectivity index (χ3n) is 4.47. The molecule has 2 aliphatic rings. The highest BCUT2D eigenvalue weighted by molar-refractivity contribution is 6.31. The van der Waals surface area contributed by atoms with E-state index in [1.54, 1.807) is 0 Å². The highest BCUT2D eigenvalue weighted by Crippen LogP contribution is 2.28. The summed E-state index contributed by atoms with van der Waals surface area (Å²) in [7, 11) is 0. The normalized spacial score (nSPS) is 28.1. The summed E-state index contributed by atoms with van der Waals surface area (Å²) in [5.74, 6) is 0.638. The van der Waals surface area contributed by atoms with Crippen LogP contribution in [-0.2, 0) is 0 Å². The molecule has 2 aliphatic heterocycles. The molecule has 104 valence electrons. The van der Waals surface area contributed by atoms with Gasteiger partial charge in [-0.1, -0.05) is 11.6 Å². The summed E-state index contributed by atoms with van der Waals surface area (Å²) in [6.07, 6.45) is 4.86. The molecule has 2 aromatic heterocycles. The van der Waals surface area contributed by atoms with Gasteiger partial charge in [0.25, 0.3) is 5.91 Å². The molecule has 4 heterocycles. The van der Waals surface area contributed by atoms with Gasteiger partial charge in [0.1, 0.15) is 0 Å². The Morgan fingerprint density at radius 2 is 2.20 bits per heavy atom. The molecule has 20 heavy (non-hydrogen) atoms. The molecule has 0 aliphatic carbocycles. The largest absolute Gasteiger partial charge is 0.348 e. The Morgan fingerprint density at radius 3 is 2.95 bits per heavy atom. The number of carbonyl (C=O) groups is 1. The van der Waals surface area contributed by atoms with E-state index in [1.807, 2.05) is 35.0 Å². The maximum absolute atomic E-state index is 12.4. The van der Waals surface area contributed by atoms with E-state index in [0.717, 1.165) is 18.6 Å². The SMILES string of the molecule is O=C(NC1CN2CCC1C2)c1ccc2cc(Cl)cn2c1. The minimum absolute atomic E-state index is 0.00970. The van der Waals surface area contributed by atoms with Crippen molar-refractivity contribution in [3.63, 3.8) is 0 Å². The average Bonchev–Trinajstić information content (AvgIpc) is 3.10. The summed E-state index contributed by atoms with van der Waals surface area (Å²) in [6.45, 7) is 3.32. The maximum Gasteiger partial charge on any atom is 0.253 e. The zero-order valence-corrected chi connectivity index (χ0v) is 11.8. The van der Waals surface area contributed by atoms with Gasteiger partial charge in [-0.15, -0.1) is 0 Å². The average molecular weight is 290 g/mol. The highest BCUT2D eigenvalue weighted by atomic mass is 35.5. The number of pyridine rings is 1. The number of fused-ring (bicyclic) bond motifs is 3. The summed E-state index contributed by atoms with van der Waals surface area (Å²) < 4.78 is 1.89. The molecule has 2 saturated heterocycles. The lowest BCUT2D eigenvalue weighted by atomic mass is 10.00. The molecule has 1 amide bonds. The first-order valence-corrected chi connectivity index (χ1v) is 7.37. The fraction of sp³-hybridized carbons (Fsp3) is 0.400. The predicted molar refractivity (Wildman–Crippen MR) is 78.2 cm³/mol. The quantitative estimate of drug-likeness (QED) is 0.918. The number of amides is 1. The van der Waals surface area contributed by atoms with Crippen LogP contribution in [0.3, 0.4) is 0 Å². The van der Waals surface area contributed by atoms with Gasteiger partial charge >= 0.3 is 0 Å². The second kappa shape index (κ2) is 4.50. The monoisotopic (exact) mass is 289 g/mol. The Morgan fingerprint density at radius 1 is 1.30 bits per heavy atom. The number of rotatable bonds is 2. The highest BCUT2D eigenvalue weighted by Gasteiger charge is 2.38. The molecule has 1 N–H and O–H groups in total. The van der Waals surface area contributed by atoms with Crippen molar-refractivity contribution in [3.05, 3.63) is 41.2 Å². The lowest BCUT2D eigenvalue weighted by Crippen LogP contribution is -2.43. The lowest BCUT2D eigenvalue weighted by Gasteiger charge is -2.23. The molecule has 2 bridgehead atoms. The molecule has 0 aromatic carbocycles. The van der Waals surface area contributed by atoms with Crippen molar-refractivity contribution in [2.45, 2.75) is 12.5 Å². The van der Waals surface area contributed by atoms with E-state index in [9.17, 15) is 4.79 Å². The Labute approximate surface area is 122 Å². The molecule has 3 unspecified atom stereocenters. The van der Waals surface area contributed by atoms with Gasteiger partial charge in [-0.05, 0) is 37.1 Å². The Bertz CT molecular complexity index is 681. The minimum atomic E-state index is 0.00970. The molecule has 5 heteroatoms. The van der Waals surface area contributed by atoms with Gasteiger partial charge in [0.15, 0.2) is 0 Å². The number of nitrogens with zero attached hydrogens (tertiary/aromatic N) is 2. The van der Waals surface area contributed by atoms with Gasteiger partial charge in [0, 0.05) is 37.0 Å². The first-order chi connectivity index (χ1) is 9.69. The van der Waals surface area contributed by atoms with E-state index in [4.69, 9.17) is 11.6 Å². The third kappa shape index (κ3) is 2.00. The third-order valence-corrected chi connectivity index (χ3v) is 4.68. The summed E-state index contributed by atoms with van der Waals surface area (Å²) in [5.41, 5.74) is 1.68. The van der Waals surface area contributed by atoms with Crippen molar-refractivity contribution in [2.75, 3.05) is 19.6 Å². The zero-order chi connectivity index (χ0) is 13.7.